The zero-order valence-electron chi connectivity index (χ0n) is 12.5. The molecule has 1 aliphatic carbocycles. The van der Waals surface area contributed by atoms with Gasteiger partial charge in [0.1, 0.15) is 0 Å². The third kappa shape index (κ3) is 3.94. The Balaban J connectivity index is 1.81. The van der Waals surface area contributed by atoms with Crippen LogP contribution in [0.1, 0.15) is 47.0 Å². The number of rotatable bonds is 3. The van der Waals surface area contributed by atoms with Gasteiger partial charge in [0.15, 0.2) is 0 Å². The van der Waals surface area contributed by atoms with Crippen LogP contribution in [0.2, 0.25) is 0 Å². The first-order valence-corrected chi connectivity index (χ1v) is 7.56. The lowest BCUT2D eigenvalue weighted by molar-refractivity contribution is 0.0255. The van der Waals surface area contributed by atoms with Crippen molar-refractivity contribution >= 4 is 0 Å². The van der Waals surface area contributed by atoms with Crippen molar-refractivity contribution in [1.29, 1.82) is 0 Å². The normalized spacial score (nSPS) is 35.0. The van der Waals surface area contributed by atoms with E-state index in [4.69, 9.17) is 4.74 Å². The third-order valence-electron chi connectivity index (χ3n) is 4.22. The number of hydrogen-bond donors (Lipinski definition) is 1. The molecule has 1 aliphatic heterocycles. The van der Waals surface area contributed by atoms with Crippen LogP contribution in [0.15, 0.2) is 0 Å². The molecule has 1 saturated heterocycles. The van der Waals surface area contributed by atoms with Crippen LogP contribution in [0.5, 0.6) is 0 Å². The number of nitrogens with zero attached hydrogens (tertiary/aromatic N) is 1. The highest BCUT2D eigenvalue weighted by Gasteiger charge is 2.36. The maximum Gasteiger partial charge on any atom is 0.0674 e. The molecule has 2 rings (SSSR count). The summed E-state index contributed by atoms with van der Waals surface area (Å²) in [7, 11) is 0. The van der Waals surface area contributed by atoms with Gasteiger partial charge in [-0.3, -0.25) is 4.90 Å². The zero-order valence-corrected chi connectivity index (χ0v) is 12.5. The Hall–Kier alpha value is -0.120. The quantitative estimate of drug-likeness (QED) is 0.836. The van der Waals surface area contributed by atoms with E-state index in [1.807, 2.05) is 0 Å². The van der Waals surface area contributed by atoms with Crippen molar-refractivity contribution in [2.24, 2.45) is 5.92 Å². The van der Waals surface area contributed by atoms with E-state index >= 15 is 0 Å². The highest BCUT2D eigenvalue weighted by molar-refractivity contribution is 4.92. The lowest BCUT2D eigenvalue weighted by Crippen LogP contribution is -2.53. The van der Waals surface area contributed by atoms with Crippen molar-refractivity contribution in [3.63, 3.8) is 0 Å². The molecule has 1 N–H and O–H groups in total. The van der Waals surface area contributed by atoms with Crippen LogP contribution in [0.25, 0.3) is 0 Å². The van der Waals surface area contributed by atoms with Crippen molar-refractivity contribution in [2.45, 2.75) is 64.6 Å². The molecule has 0 amide bonds. The second kappa shape index (κ2) is 5.89. The predicted octanol–water partition coefficient (Wildman–Crippen LogP) is 2.26. The molecule has 2 aliphatic rings. The topological polar surface area (TPSA) is 24.5 Å². The van der Waals surface area contributed by atoms with Crippen LogP contribution < -0.4 is 5.32 Å². The summed E-state index contributed by atoms with van der Waals surface area (Å²) in [4.78, 5) is 2.68. The van der Waals surface area contributed by atoms with Crippen LogP contribution in [0.3, 0.4) is 0 Å². The molecule has 3 heteroatoms. The summed E-state index contributed by atoms with van der Waals surface area (Å²) in [5.74, 6) is 0.842. The van der Waals surface area contributed by atoms with E-state index in [2.05, 4.69) is 37.9 Å². The molecule has 0 spiro atoms. The summed E-state index contributed by atoms with van der Waals surface area (Å²) in [6.07, 6.45) is 4.37. The molecule has 0 radical (unpaired) electrons. The van der Waals surface area contributed by atoms with Gasteiger partial charge in [0.2, 0.25) is 0 Å². The summed E-state index contributed by atoms with van der Waals surface area (Å²) in [5.41, 5.74) is 0.245. The summed E-state index contributed by atoms with van der Waals surface area (Å²) in [6, 6.07) is 0.795. The Morgan fingerprint density at radius 2 is 2.06 bits per heavy atom. The van der Waals surface area contributed by atoms with Gasteiger partial charge < -0.3 is 10.1 Å². The fraction of sp³-hybridized carbons (Fsp3) is 1.00. The Kier molecular flexibility index (Phi) is 4.68. The number of hydrogen-bond acceptors (Lipinski definition) is 3. The van der Waals surface area contributed by atoms with Gasteiger partial charge in [0.25, 0.3) is 0 Å². The van der Waals surface area contributed by atoms with Crippen LogP contribution in [0, 0.1) is 5.92 Å². The fourth-order valence-corrected chi connectivity index (χ4v) is 3.04. The number of nitrogens with one attached hydrogen (secondary N) is 1. The van der Waals surface area contributed by atoms with Gasteiger partial charge in [-0.15, -0.1) is 0 Å². The summed E-state index contributed by atoms with van der Waals surface area (Å²) in [6.45, 7) is 13.4. The minimum atomic E-state index is 0.245. The first-order valence-electron chi connectivity index (χ1n) is 7.56. The van der Waals surface area contributed by atoms with Crippen molar-refractivity contribution in [2.75, 3.05) is 26.2 Å². The summed E-state index contributed by atoms with van der Waals surface area (Å²) < 4.78 is 5.74. The zero-order chi connectivity index (χ0) is 13.2. The van der Waals surface area contributed by atoms with Gasteiger partial charge in [-0.25, -0.2) is 0 Å². The minimum Gasteiger partial charge on any atom is -0.377 e. The molecule has 0 aromatic heterocycles. The SMILES string of the molecule is CC1CN(C2CCC2CNC(C)(C)C)CCCO1. The van der Waals surface area contributed by atoms with Crippen molar-refractivity contribution in [1.82, 2.24) is 10.2 Å². The van der Waals surface area contributed by atoms with E-state index in [0.717, 1.165) is 25.1 Å². The second-order valence-electron chi connectivity index (χ2n) is 7.07. The van der Waals surface area contributed by atoms with Crippen LogP contribution in [0.4, 0.5) is 0 Å². The first kappa shape index (κ1) is 14.3. The van der Waals surface area contributed by atoms with Crippen LogP contribution >= 0.6 is 0 Å². The van der Waals surface area contributed by atoms with E-state index in [-0.39, 0.29) is 5.54 Å². The maximum atomic E-state index is 5.74. The fourth-order valence-electron chi connectivity index (χ4n) is 3.04. The largest absolute Gasteiger partial charge is 0.377 e. The van der Waals surface area contributed by atoms with Gasteiger partial charge in [0, 0.05) is 31.3 Å². The molecular formula is C15H30N2O. The predicted molar refractivity (Wildman–Crippen MR) is 75.9 cm³/mol. The Labute approximate surface area is 112 Å². The summed E-state index contributed by atoms with van der Waals surface area (Å²) in [5, 5.41) is 3.66. The molecule has 0 aromatic carbocycles. The first-order chi connectivity index (χ1) is 8.46. The smallest absolute Gasteiger partial charge is 0.0674 e. The molecule has 0 aromatic rings. The van der Waals surface area contributed by atoms with Crippen LogP contribution in [-0.2, 0) is 4.74 Å². The highest BCUT2D eigenvalue weighted by Crippen LogP contribution is 2.33. The highest BCUT2D eigenvalue weighted by atomic mass is 16.5. The Morgan fingerprint density at radius 3 is 2.67 bits per heavy atom. The van der Waals surface area contributed by atoms with Crippen molar-refractivity contribution in [3.8, 4) is 0 Å². The van der Waals surface area contributed by atoms with Gasteiger partial charge >= 0.3 is 0 Å². The average molecular weight is 254 g/mol. The lowest BCUT2D eigenvalue weighted by Gasteiger charge is -2.45. The monoisotopic (exact) mass is 254 g/mol. The van der Waals surface area contributed by atoms with Gasteiger partial charge in [-0.2, -0.15) is 0 Å². The summed E-state index contributed by atoms with van der Waals surface area (Å²) >= 11 is 0. The lowest BCUT2D eigenvalue weighted by atomic mass is 9.77. The van der Waals surface area contributed by atoms with Crippen LogP contribution in [-0.4, -0.2) is 48.8 Å². The third-order valence-corrected chi connectivity index (χ3v) is 4.22. The van der Waals surface area contributed by atoms with E-state index in [1.165, 1.54) is 32.4 Å². The van der Waals surface area contributed by atoms with E-state index < -0.39 is 0 Å². The standard InChI is InChI=1S/C15H30N2O/c1-12-11-17(8-5-9-18-12)14-7-6-13(14)10-16-15(2,3)4/h12-14,16H,5-11H2,1-4H3. The van der Waals surface area contributed by atoms with Gasteiger partial charge in [-0.1, -0.05) is 0 Å². The van der Waals surface area contributed by atoms with E-state index in [0.29, 0.717) is 6.10 Å². The molecule has 3 unspecified atom stereocenters. The molecular weight excluding hydrogens is 224 g/mol. The van der Waals surface area contributed by atoms with E-state index in [1.54, 1.807) is 0 Å². The van der Waals surface area contributed by atoms with Gasteiger partial charge in [0.05, 0.1) is 6.10 Å². The number of ether oxygens (including phenoxy) is 1. The molecule has 1 heterocycles. The molecule has 18 heavy (non-hydrogen) atoms. The molecule has 2 fully saturated rings. The van der Waals surface area contributed by atoms with Gasteiger partial charge in [-0.05, 0) is 59.4 Å². The average Bonchev–Trinajstić information content (AvgIpc) is 2.39. The minimum absolute atomic E-state index is 0.245. The molecule has 3 atom stereocenters. The van der Waals surface area contributed by atoms with Crippen molar-refractivity contribution in [3.05, 3.63) is 0 Å². The second-order valence-corrected chi connectivity index (χ2v) is 7.07. The molecule has 1 saturated carbocycles. The van der Waals surface area contributed by atoms with E-state index in [9.17, 15) is 0 Å². The van der Waals surface area contributed by atoms with Crippen molar-refractivity contribution < 1.29 is 4.74 Å². The molecule has 0 bridgehead atoms. The Bertz CT molecular complexity index is 262. The molecule has 3 nitrogen and oxygen atoms in total. The molecule has 106 valence electrons. The Morgan fingerprint density at radius 1 is 1.28 bits per heavy atom. The maximum absolute atomic E-state index is 5.74.